The van der Waals surface area contributed by atoms with Crippen molar-refractivity contribution >= 4 is 5.95 Å². The van der Waals surface area contributed by atoms with Gasteiger partial charge in [0.1, 0.15) is 0 Å². The number of likely N-dealkylation sites (N-methyl/N-ethyl adjacent to an activating group) is 1. The van der Waals surface area contributed by atoms with Crippen LogP contribution in [-0.2, 0) is 0 Å². The second kappa shape index (κ2) is 6.64. The molecule has 3 aromatic rings. The fourth-order valence-electron chi connectivity index (χ4n) is 3.08. The van der Waals surface area contributed by atoms with E-state index >= 15 is 0 Å². The van der Waals surface area contributed by atoms with Crippen molar-refractivity contribution in [3.8, 4) is 16.9 Å². The van der Waals surface area contributed by atoms with Crippen molar-refractivity contribution < 1.29 is 0 Å². The number of hydrogen-bond acceptors (Lipinski definition) is 5. The average Bonchev–Trinajstić information content (AvgIpc) is 3.05. The first-order chi connectivity index (χ1) is 12.2. The van der Waals surface area contributed by atoms with Crippen molar-refractivity contribution in [2.24, 2.45) is 0 Å². The number of aromatic nitrogens is 4. The summed E-state index contributed by atoms with van der Waals surface area (Å²) in [7, 11) is 2.15. The lowest BCUT2D eigenvalue weighted by Gasteiger charge is -2.32. The van der Waals surface area contributed by atoms with Gasteiger partial charge in [0.2, 0.25) is 5.95 Å². The van der Waals surface area contributed by atoms with Crippen molar-refractivity contribution in [2.45, 2.75) is 6.92 Å². The number of benzene rings is 1. The summed E-state index contributed by atoms with van der Waals surface area (Å²) in [6.07, 6.45) is 3.88. The van der Waals surface area contributed by atoms with Crippen LogP contribution in [0.5, 0.6) is 0 Å². The Hall–Kier alpha value is -2.73. The normalized spacial score (nSPS) is 15.5. The van der Waals surface area contributed by atoms with Crippen LogP contribution < -0.4 is 4.90 Å². The minimum absolute atomic E-state index is 0.803. The zero-order valence-electron chi connectivity index (χ0n) is 14.6. The third-order valence-corrected chi connectivity index (χ3v) is 4.62. The standard InChI is InChI=1S/C19H22N6/c1-15-17(14-25(22-15)16-6-4-3-5-7-16)18-8-9-20-19(21-18)24-12-10-23(2)11-13-24/h3-9,14H,10-13H2,1-2H3. The first-order valence-corrected chi connectivity index (χ1v) is 8.59. The number of para-hydroxylation sites is 1. The van der Waals surface area contributed by atoms with Crippen LogP contribution in [-0.4, -0.2) is 57.9 Å². The average molecular weight is 334 g/mol. The van der Waals surface area contributed by atoms with Crippen LogP contribution in [0.3, 0.4) is 0 Å². The van der Waals surface area contributed by atoms with Crippen molar-refractivity contribution in [3.63, 3.8) is 0 Å². The van der Waals surface area contributed by atoms with Crippen molar-refractivity contribution in [2.75, 3.05) is 38.1 Å². The zero-order valence-corrected chi connectivity index (χ0v) is 14.6. The molecule has 6 heteroatoms. The van der Waals surface area contributed by atoms with Gasteiger partial charge in [-0.15, -0.1) is 0 Å². The molecule has 1 aliphatic rings. The van der Waals surface area contributed by atoms with Crippen LogP contribution in [0.25, 0.3) is 16.9 Å². The minimum atomic E-state index is 0.803. The minimum Gasteiger partial charge on any atom is -0.338 e. The molecule has 0 aliphatic carbocycles. The highest BCUT2D eigenvalue weighted by Gasteiger charge is 2.18. The third-order valence-electron chi connectivity index (χ3n) is 4.62. The van der Waals surface area contributed by atoms with E-state index < -0.39 is 0 Å². The summed E-state index contributed by atoms with van der Waals surface area (Å²) >= 11 is 0. The molecule has 25 heavy (non-hydrogen) atoms. The summed E-state index contributed by atoms with van der Waals surface area (Å²) in [6.45, 7) is 6.02. The van der Waals surface area contributed by atoms with E-state index in [2.05, 4.69) is 26.9 Å². The van der Waals surface area contributed by atoms with E-state index in [4.69, 9.17) is 4.98 Å². The van der Waals surface area contributed by atoms with Gasteiger partial charge in [0.15, 0.2) is 0 Å². The van der Waals surface area contributed by atoms with Crippen molar-refractivity contribution in [3.05, 3.63) is 54.5 Å². The quantitative estimate of drug-likeness (QED) is 0.736. The Morgan fingerprint density at radius 1 is 0.960 bits per heavy atom. The van der Waals surface area contributed by atoms with Gasteiger partial charge < -0.3 is 9.80 Å². The fourth-order valence-corrected chi connectivity index (χ4v) is 3.08. The molecule has 0 saturated carbocycles. The topological polar surface area (TPSA) is 50.1 Å². The lowest BCUT2D eigenvalue weighted by Crippen LogP contribution is -2.45. The molecule has 0 N–H and O–H groups in total. The SMILES string of the molecule is Cc1nn(-c2ccccc2)cc1-c1ccnc(N2CCN(C)CC2)n1. The summed E-state index contributed by atoms with van der Waals surface area (Å²) in [5.41, 5.74) is 3.97. The number of rotatable bonds is 3. The summed E-state index contributed by atoms with van der Waals surface area (Å²) < 4.78 is 1.91. The molecule has 0 radical (unpaired) electrons. The third kappa shape index (κ3) is 3.25. The number of nitrogens with zero attached hydrogens (tertiary/aromatic N) is 6. The molecule has 1 saturated heterocycles. The summed E-state index contributed by atoms with van der Waals surface area (Å²) in [5, 5.41) is 4.65. The van der Waals surface area contributed by atoms with Crippen molar-refractivity contribution in [1.82, 2.24) is 24.6 Å². The summed E-state index contributed by atoms with van der Waals surface area (Å²) in [4.78, 5) is 13.9. The molecule has 0 spiro atoms. The number of aryl methyl sites for hydroxylation is 1. The molecule has 4 rings (SSSR count). The van der Waals surface area contributed by atoms with Crippen LogP contribution in [0.15, 0.2) is 48.8 Å². The highest BCUT2D eigenvalue weighted by Crippen LogP contribution is 2.24. The number of piperazine rings is 1. The van der Waals surface area contributed by atoms with Gasteiger partial charge in [-0.1, -0.05) is 18.2 Å². The molecule has 1 aliphatic heterocycles. The van der Waals surface area contributed by atoms with Crippen molar-refractivity contribution in [1.29, 1.82) is 0 Å². The maximum atomic E-state index is 4.80. The number of anilines is 1. The van der Waals surface area contributed by atoms with E-state index in [-0.39, 0.29) is 0 Å². The highest BCUT2D eigenvalue weighted by atomic mass is 15.3. The molecule has 0 amide bonds. The Morgan fingerprint density at radius 2 is 1.72 bits per heavy atom. The van der Waals surface area contributed by atoms with E-state index in [0.717, 1.165) is 54.8 Å². The lowest BCUT2D eigenvalue weighted by molar-refractivity contribution is 0.311. The van der Waals surface area contributed by atoms with E-state index in [1.165, 1.54) is 0 Å². The Kier molecular flexibility index (Phi) is 4.19. The van der Waals surface area contributed by atoms with Crippen LogP contribution >= 0.6 is 0 Å². The molecule has 1 fully saturated rings. The largest absolute Gasteiger partial charge is 0.338 e. The van der Waals surface area contributed by atoms with E-state index in [0.29, 0.717) is 0 Å². The van der Waals surface area contributed by atoms with Gasteiger partial charge in [-0.3, -0.25) is 0 Å². The predicted octanol–water partition coefficient (Wildman–Crippen LogP) is 2.39. The van der Waals surface area contributed by atoms with Gasteiger partial charge in [-0.25, -0.2) is 14.6 Å². The lowest BCUT2D eigenvalue weighted by atomic mass is 10.2. The highest BCUT2D eigenvalue weighted by molar-refractivity contribution is 5.62. The smallest absolute Gasteiger partial charge is 0.225 e. The Labute approximate surface area is 147 Å². The molecule has 1 aromatic carbocycles. The Balaban J connectivity index is 1.64. The molecule has 0 bridgehead atoms. The maximum absolute atomic E-state index is 4.80. The van der Waals surface area contributed by atoms with Gasteiger partial charge in [0.05, 0.1) is 17.1 Å². The second-order valence-electron chi connectivity index (χ2n) is 6.44. The maximum Gasteiger partial charge on any atom is 0.225 e. The van der Waals surface area contributed by atoms with E-state index in [9.17, 15) is 0 Å². The van der Waals surface area contributed by atoms with E-state index in [1.807, 2.05) is 60.4 Å². The first kappa shape index (κ1) is 15.8. The van der Waals surface area contributed by atoms with Crippen LogP contribution in [0.4, 0.5) is 5.95 Å². The fraction of sp³-hybridized carbons (Fsp3) is 0.316. The predicted molar refractivity (Wildman–Crippen MR) is 99.0 cm³/mol. The zero-order chi connectivity index (χ0) is 17.2. The molecule has 3 heterocycles. The monoisotopic (exact) mass is 334 g/mol. The first-order valence-electron chi connectivity index (χ1n) is 8.59. The second-order valence-corrected chi connectivity index (χ2v) is 6.44. The Morgan fingerprint density at radius 3 is 2.48 bits per heavy atom. The molecular formula is C19H22N6. The molecule has 6 nitrogen and oxygen atoms in total. The van der Waals surface area contributed by atoms with Gasteiger partial charge in [0, 0.05) is 44.1 Å². The van der Waals surface area contributed by atoms with Gasteiger partial charge in [0.25, 0.3) is 0 Å². The molecule has 128 valence electrons. The van der Waals surface area contributed by atoms with Crippen LogP contribution in [0, 0.1) is 6.92 Å². The van der Waals surface area contributed by atoms with Gasteiger partial charge >= 0.3 is 0 Å². The number of hydrogen-bond donors (Lipinski definition) is 0. The molecule has 0 unspecified atom stereocenters. The van der Waals surface area contributed by atoms with Gasteiger partial charge in [-0.2, -0.15) is 5.10 Å². The summed E-state index contributed by atoms with van der Waals surface area (Å²) in [5.74, 6) is 0.803. The Bertz CT molecular complexity index is 849. The van der Waals surface area contributed by atoms with Crippen LogP contribution in [0.2, 0.25) is 0 Å². The molecule has 2 aromatic heterocycles. The molecule has 0 atom stereocenters. The summed E-state index contributed by atoms with van der Waals surface area (Å²) in [6, 6.07) is 12.1. The van der Waals surface area contributed by atoms with E-state index in [1.54, 1.807) is 0 Å². The van der Waals surface area contributed by atoms with Gasteiger partial charge in [-0.05, 0) is 32.2 Å². The van der Waals surface area contributed by atoms with Crippen LogP contribution in [0.1, 0.15) is 5.69 Å². The molecular weight excluding hydrogens is 312 g/mol.